The fourth-order valence-electron chi connectivity index (χ4n) is 1.67. The summed E-state index contributed by atoms with van der Waals surface area (Å²) >= 11 is 13.1. The summed E-state index contributed by atoms with van der Waals surface area (Å²) < 4.78 is 27.0. The van der Waals surface area contributed by atoms with Gasteiger partial charge in [-0.25, -0.2) is 13.1 Å². The van der Waals surface area contributed by atoms with E-state index in [0.717, 1.165) is 17.4 Å². The molecule has 1 aromatic carbocycles. The minimum absolute atomic E-state index is 0.0283. The van der Waals surface area contributed by atoms with E-state index in [1.807, 2.05) is 0 Å². The van der Waals surface area contributed by atoms with Crippen LogP contribution in [-0.4, -0.2) is 30.6 Å². The molecule has 124 valence electrons. The lowest BCUT2D eigenvalue weighted by Crippen LogP contribution is -2.30. The van der Waals surface area contributed by atoms with Crippen LogP contribution >= 0.6 is 34.5 Å². The number of amides is 1. The second kappa shape index (κ2) is 7.10. The number of sulfonamides is 1. The second-order valence-electron chi connectivity index (χ2n) is 4.74. The molecule has 0 atom stereocenters. The number of rotatable bonds is 5. The summed E-state index contributed by atoms with van der Waals surface area (Å²) in [5, 5.41) is 9.97. The monoisotopic (exact) mass is 394 g/mol. The van der Waals surface area contributed by atoms with Crippen molar-refractivity contribution in [2.75, 3.05) is 5.32 Å². The molecule has 0 fully saturated rings. The highest BCUT2D eigenvalue weighted by Crippen LogP contribution is 2.29. The highest BCUT2D eigenvalue weighted by molar-refractivity contribution is 7.89. The van der Waals surface area contributed by atoms with Gasteiger partial charge in [-0.1, -0.05) is 34.5 Å². The van der Waals surface area contributed by atoms with Crippen LogP contribution in [0.5, 0.6) is 0 Å². The molecular formula is C12H12Cl2N4O3S2. The van der Waals surface area contributed by atoms with Crippen molar-refractivity contribution in [3.05, 3.63) is 33.3 Å². The number of carbonyl (C=O) groups is 1. The van der Waals surface area contributed by atoms with Crippen molar-refractivity contribution in [2.45, 2.75) is 24.8 Å². The fourth-order valence-corrected chi connectivity index (χ4v) is 4.22. The lowest BCUT2D eigenvalue weighted by Gasteiger charge is -2.13. The molecule has 0 aliphatic heterocycles. The maximum atomic E-state index is 12.3. The van der Waals surface area contributed by atoms with Crippen LogP contribution in [0.1, 0.15) is 24.2 Å². The van der Waals surface area contributed by atoms with E-state index >= 15 is 0 Å². The molecule has 23 heavy (non-hydrogen) atoms. The van der Waals surface area contributed by atoms with Crippen LogP contribution in [0.15, 0.2) is 22.5 Å². The Morgan fingerprint density at radius 1 is 1.26 bits per heavy atom. The molecule has 0 radical (unpaired) electrons. The molecule has 0 spiro atoms. The number of anilines is 1. The maximum Gasteiger partial charge on any atom is 0.259 e. The lowest BCUT2D eigenvalue weighted by atomic mass is 10.2. The van der Waals surface area contributed by atoms with Gasteiger partial charge in [0, 0.05) is 6.04 Å². The minimum atomic E-state index is -3.87. The smallest absolute Gasteiger partial charge is 0.259 e. The van der Waals surface area contributed by atoms with Gasteiger partial charge in [-0.2, -0.15) is 0 Å². The number of carbonyl (C=O) groups excluding carboxylic acids is 1. The van der Waals surface area contributed by atoms with Crippen LogP contribution in [0.2, 0.25) is 10.0 Å². The molecule has 2 rings (SSSR count). The van der Waals surface area contributed by atoms with E-state index < -0.39 is 15.9 Å². The quantitative estimate of drug-likeness (QED) is 0.811. The Balaban J connectivity index is 2.42. The summed E-state index contributed by atoms with van der Waals surface area (Å²) in [6.45, 7) is 3.34. The Morgan fingerprint density at radius 2 is 1.96 bits per heavy atom. The minimum Gasteiger partial charge on any atom is -0.296 e. The van der Waals surface area contributed by atoms with E-state index in [2.05, 4.69) is 20.2 Å². The van der Waals surface area contributed by atoms with Crippen molar-refractivity contribution in [2.24, 2.45) is 0 Å². The predicted molar refractivity (Wildman–Crippen MR) is 89.8 cm³/mol. The van der Waals surface area contributed by atoms with E-state index in [0.29, 0.717) is 0 Å². The number of nitrogens with one attached hydrogen (secondary N) is 2. The second-order valence-corrected chi connectivity index (χ2v) is 8.07. The first-order chi connectivity index (χ1) is 10.7. The fraction of sp³-hybridized carbons (Fsp3) is 0.250. The van der Waals surface area contributed by atoms with Crippen molar-refractivity contribution in [3.63, 3.8) is 0 Å². The third-order valence-corrected chi connectivity index (χ3v) is 5.57. The standard InChI is InChI=1S/C12H12Cl2N4O3S2/c1-6(2)18-23(20,21)10-3-7(8(13)4-9(10)14)11(19)16-12-17-15-5-22-12/h3-6,18H,1-2H3,(H,16,17,19). The first-order valence-corrected chi connectivity index (χ1v) is 9.41. The zero-order valence-electron chi connectivity index (χ0n) is 12.0. The Labute approximate surface area is 147 Å². The first-order valence-electron chi connectivity index (χ1n) is 6.29. The van der Waals surface area contributed by atoms with Gasteiger partial charge in [-0.15, -0.1) is 10.2 Å². The van der Waals surface area contributed by atoms with Crippen LogP contribution in [0.3, 0.4) is 0 Å². The SMILES string of the molecule is CC(C)NS(=O)(=O)c1cc(C(=O)Nc2nncs2)c(Cl)cc1Cl. The summed E-state index contributed by atoms with van der Waals surface area (Å²) in [6, 6.07) is 2.02. The van der Waals surface area contributed by atoms with E-state index in [1.165, 1.54) is 11.6 Å². The van der Waals surface area contributed by atoms with Crippen molar-refractivity contribution in [1.29, 1.82) is 0 Å². The Morgan fingerprint density at radius 3 is 2.52 bits per heavy atom. The van der Waals surface area contributed by atoms with Crippen LogP contribution in [0.4, 0.5) is 5.13 Å². The van der Waals surface area contributed by atoms with Gasteiger partial charge in [-0.3, -0.25) is 10.1 Å². The van der Waals surface area contributed by atoms with E-state index in [-0.39, 0.29) is 31.7 Å². The van der Waals surface area contributed by atoms with Crippen molar-refractivity contribution >= 4 is 55.6 Å². The molecule has 0 aliphatic rings. The van der Waals surface area contributed by atoms with E-state index in [4.69, 9.17) is 23.2 Å². The molecule has 0 aliphatic carbocycles. The van der Waals surface area contributed by atoms with Gasteiger partial charge in [0.25, 0.3) is 5.91 Å². The average molecular weight is 395 g/mol. The maximum absolute atomic E-state index is 12.3. The molecule has 2 aromatic rings. The number of nitrogens with zero attached hydrogens (tertiary/aromatic N) is 2. The Bertz CT molecular complexity index is 823. The van der Waals surface area contributed by atoms with Gasteiger partial charge in [-0.05, 0) is 26.0 Å². The molecular weight excluding hydrogens is 383 g/mol. The molecule has 11 heteroatoms. The normalized spacial score (nSPS) is 11.7. The Hall–Kier alpha value is -1.26. The third-order valence-electron chi connectivity index (χ3n) is 2.53. The topological polar surface area (TPSA) is 101 Å². The van der Waals surface area contributed by atoms with Crippen LogP contribution in [-0.2, 0) is 10.0 Å². The average Bonchev–Trinajstić information content (AvgIpc) is 2.89. The summed E-state index contributed by atoms with van der Waals surface area (Å²) in [5.74, 6) is -0.607. The number of hydrogen-bond acceptors (Lipinski definition) is 6. The summed E-state index contributed by atoms with van der Waals surface area (Å²) in [4.78, 5) is 12.0. The molecule has 0 saturated carbocycles. The molecule has 2 N–H and O–H groups in total. The number of aromatic nitrogens is 2. The van der Waals surface area contributed by atoms with Gasteiger partial charge in [0.15, 0.2) is 0 Å². The predicted octanol–water partition coefficient (Wildman–Crippen LogP) is 2.78. The summed E-state index contributed by atoms with van der Waals surface area (Å²) in [6.07, 6.45) is 0. The molecule has 1 aromatic heterocycles. The van der Waals surface area contributed by atoms with Crippen LogP contribution in [0, 0.1) is 0 Å². The zero-order chi connectivity index (χ0) is 17.2. The third kappa shape index (κ3) is 4.39. The largest absolute Gasteiger partial charge is 0.296 e. The zero-order valence-corrected chi connectivity index (χ0v) is 15.1. The molecule has 0 saturated heterocycles. The molecule has 1 amide bonds. The molecule has 0 unspecified atom stereocenters. The van der Waals surface area contributed by atoms with Gasteiger partial charge in [0.05, 0.1) is 15.6 Å². The Kier molecular flexibility index (Phi) is 5.58. The van der Waals surface area contributed by atoms with Crippen LogP contribution in [0.25, 0.3) is 0 Å². The highest BCUT2D eigenvalue weighted by Gasteiger charge is 2.23. The number of halogens is 2. The van der Waals surface area contributed by atoms with Gasteiger partial charge in [0.1, 0.15) is 10.4 Å². The van der Waals surface area contributed by atoms with E-state index in [1.54, 1.807) is 13.8 Å². The van der Waals surface area contributed by atoms with E-state index in [9.17, 15) is 13.2 Å². The van der Waals surface area contributed by atoms with Crippen molar-refractivity contribution in [3.8, 4) is 0 Å². The molecule has 1 heterocycles. The number of benzene rings is 1. The first kappa shape index (κ1) is 18.1. The van der Waals surface area contributed by atoms with Crippen LogP contribution < -0.4 is 10.0 Å². The van der Waals surface area contributed by atoms with Crippen molar-refractivity contribution in [1.82, 2.24) is 14.9 Å². The molecule has 0 bridgehead atoms. The number of hydrogen-bond donors (Lipinski definition) is 2. The van der Waals surface area contributed by atoms with Gasteiger partial charge >= 0.3 is 0 Å². The summed E-state index contributed by atoms with van der Waals surface area (Å²) in [5.41, 5.74) is 1.41. The highest BCUT2D eigenvalue weighted by atomic mass is 35.5. The van der Waals surface area contributed by atoms with Gasteiger partial charge in [0.2, 0.25) is 15.2 Å². The van der Waals surface area contributed by atoms with Gasteiger partial charge < -0.3 is 0 Å². The lowest BCUT2D eigenvalue weighted by molar-refractivity contribution is 0.102. The molecule has 7 nitrogen and oxygen atoms in total. The van der Waals surface area contributed by atoms with Crippen molar-refractivity contribution < 1.29 is 13.2 Å². The summed E-state index contributed by atoms with van der Waals surface area (Å²) in [7, 11) is -3.87.